The van der Waals surface area contributed by atoms with Crippen LogP contribution in [0.5, 0.6) is 0 Å². The summed E-state index contributed by atoms with van der Waals surface area (Å²) >= 11 is 0. The molecule has 1 saturated carbocycles. The molecule has 3 N–H and O–H groups in total. The Kier molecular flexibility index (Phi) is 1.76. The number of carbonyl (C=O) groups is 1. The van der Waals surface area contributed by atoms with Gasteiger partial charge in [-0.1, -0.05) is 6.08 Å². The number of aliphatic imine (C=N–C) groups is 1. The molecule has 3 unspecified atom stereocenters. The van der Waals surface area contributed by atoms with E-state index in [1.54, 1.807) is 0 Å². The molecule has 82 valence electrons. The summed E-state index contributed by atoms with van der Waals surface area (Å²) in [7, 11) is 0. The molecular weight excluding hydrogens is 213 g/mol. The molecule has 1 fully saturated rings. The minimum atomic E-state index is -4.58. The highest BCUT2D eigenvalue weighted by Crippen LogP contribution is 2.53. The van der Waals surface area contributed by atoms with Gasteiger partial charge in [0.25, 0.3) is 0 Å². The first kappa shape index (κ1) is 10.2. The van der Waals surface area contributed by atoms with Gasteiger partial charge in [-0.3, -0.25) is 9.79 Å². The van der Waals surface area contributed by atoms with E-state index in [0.717, 1.165) is 12.2 Å². The summed E-state index contributed by atoms with van der Waals surface area (Å²) in [5.74, 6) is -2.89. The van der Waals surface area contributed by atoms with Crippen LogP contribution in [0.25, 0.3) is 0 Å². The molecule has 1 aliphatic carbocycles. The van der Waals surface area contributed by atoms with Gasteiger partial charge in [-0.15, -0.1) is 0 Å². The lowest BCUT2D eigenvalue weighted by Crippen LogP contribution is -2.33. The Labute approximate surface area is 82.3 Å². The van der Waals surface area contributed by atoms with Crippen molar-refractivity contribution < 1.29 is 23.1 Å². The average Bonchev–Trinajstić information content (AvgIpc) is 2.67. The lowest BCUT2D eigenvalue weighted by Gasteiger charge is -2.13. The van der Waals surface area contributed by atoms with Crippen LogP contribution in [-0.2, 0) is 4.79 Å². The second-order valence-corrected chi connectivity index (χ2v) is 3.58. The van der Waals surface area contributed by atoms with Crippen molar-refractivity contribution in [1.82, 2.24) is 0 Å². The summed E-state index contributed by atoms with van der Waals surface area (Å²) in [5.41, 5.74) is 2.74. The number of aliphatic carboxylic acids is 1. The molecule has 2 aliphatic rings. The van der Waals surface area contributed by atoms with Crippen LogP contribution in [0.2, 0.25) is 0 Å². The summed E-state index contributed by atoms with van der Waals surface area (Å²) in [6.07, 6.45) is -2.65. The fraction of sp³-hybridized carbons (Fsp3) is 0.500. The fourth-order valence-electron chi connectivity index (χ4n) is 1.78. The van der Waals surface area contributed by atoms with Gasteiger partial charge in [0.1, 0.15) is 17.3 Å². The number of fused-ring (bicyclic) bond motifs is 1. The third-order valence-corrected chi connectivity index (χ3v) is 2.61. The lowest BCUT2D eigenvalue weighted by molar-refractivity contribution is -0.139. The van der Waals surface area contributed by atoms with Crippen LogP contribution in [0.3, 0.4) is 0 Å². The molecule has 0 bridgehead atoms. The van der Waals surface area contributed by atoms with Gasteiger partial charge in [0.15, 0.2) is 0 Å². The Morgan fingerprint density at radius 3 is 2.67 bits per heavy atom. The molecule has 0 saturated heterocycles. The molecule has 3 atom stereocenters. The smallest absolute Gasteiger partial charge is 0.432 e. The van der Waals surface area contributed by atoms with E-state index in [1.807, 2.05) is 0 Å². The van der Waals surface area contributed by atoms with Crippen LogP contribution in [0, 0.1) is 11.8 Å². The minimum Gasteiger partial charge on any atom is -0.481 e. The average molecular weight is 220 g/mol. The predicted molar refractivity (Wildman–Crippen MR) is 44.2 cm³/mol. The van der Waals surface area contributed by atoms with Crippen molar-refractivity contribution in [1.29, 1.82) is 0 Å². The topological polar surface area (TPSA) is 75.7 Å². The van der Waals surface area contributed by atoms with Gasteiger partial charge < -0.3 is 10.8 Å². The van der Waals surface area contributed by atoms with Crippen molar-refractivity contribution in [2.75, 3.05) is 0 Å². The summed E-state index contributed by atoms with van der Waals surface area (Å²) in [6.45, 7) is 0. The van der Waals surface area contributed by atoms with Crippen LogP contribution < -0.4 is 5.73 Å². The number of carboxylic acid groups (broad SMARTS) is 1. The van der Waals surface area contributed by atoms with Gasteiger partial charge >= 0.3 is 12.1 Å². The largest absolute Gasteiger partial charge is 0.481 e. The molecule has 7 heteroatoms. The molecule has 0 spiro atoms. The maximum Gasteiger partial charge on any atom is 0.432 e. The van der Waals surface area contributed by atoms with E-state index < -0.39 is 35.4 Å². The third kappa shape index (κ3) is 1.34. The van der Waals surface area contributed by atoms with Crippen molar-refractivity contribution in [3.63, 3.8) is 0 Å². The molecule has 1 aliphatic heterocycles. The summed E-state index contributed by atoms with van der Waals surface area (Å²) < 4.78 is 36.7. The molecule has 0 aromatic heterocycles. The molecule has 15 heavy (non-hydrogen) atoms. The Morgan fingerprint density at radius 2 is 2.20 bits per heavy atom. The Hall–Kier alpha value is -1.37. The zero-order valence-corrected chi connectivity index (χ0v) is 7.32. The number of alkyl halides is 3. The zero-order chi connectivity index (χ0) is 11.4. The normalized spacial score (nSPS) is 38.3. The first-order valence-electron chi connectivity index (χ1n) is 4.14. The molecular formula is C8H7F3N2O2. The SMILES string of the molecule is NC12N=C(C(F)(F)F)C=CC1C2C(=O)O. The molecule has 0 aromatic rings. The Morgan fingerprint density at radius 1 is 1.60 bits per heavy atom. The minimum absolute atomic E-state index is 0.624. The molecule has 0 aromatic carbocycles. The van der Waals surface area contributed by atoms with E-state index in [9.17, 15) is 18.0 Å². The van der Waals surface area contributed by atoms with Crippen LogP contribution in [0.15, 0.2) is 17.1 Å². The number of carboxylic acids is 1. The Balaban J connectivity index is 2.31. The Bertz CT molecular complexity index is 388. The van der Waals surface area contributed by atoms with E-state index in [0.29, 0.717) is 0 Å². The van der Waals surface area contributed by atoms with Crippen LogP contribution in [-0.4, -0.2) is 28.6 Å². The van der Waals surface area contributed by atoms with Gasteiger partial charge in [0.05, 0.1) is 0 Å². The summed E-state index contributed by atoms with van der Waals surface area (Å²) in [4.78, 5) is 13.9. The fourth-order valence-corrected chi connectivity index (χ4v) is 1.78. The first-order valence-corrected chi connectivity index (χ1v) is 4.14. The predicted octanol–water partition coefficient (Wildman–Crippen LogP) is 0.545. The standard InChI is InChI=1S/C8H7F3N2O2/c9-8(10,11)4-2-1-3-5(6(14)15)7(3,12)13-4/h1-3,5H,12H2,(H,14,15). The monoisotopic (exact) mass is 220 g/mol. The molecule has 1 heterocycles. The number of nitrogens with zero attached hydrogens (tertiary/aromatic N) is 1. The van der Waals surface area contributed by atoms with Gasteiger partial charge in [0, 0.05) is 5.92 Å². The number of dihydropyridines is 1. The quantitative estimate of drug-likeness (QED) is 0.677. The van der Waals surface area contributed by atoms with E-state index in [4.69, 9.17) is 10.8 Å². The van der Waals surface area contributed by atoms with Crippen molar-refractivity contribution in [3.05, 3.63) is 12.2 Å². The van der Waals surface area contributed by atoms with Crippen molar-refractivity contribution in [3.8, 4) is 0 Å². The summed E-state index contributed by atoms with van der Waals surface area (Å²) in [5, 5.41) is 8.67. The summed E-state index contributed by atoms with van der Waals surface area (Å²) in [6, 6.07) is 0. The van der Waals surface area contributed by atoms with Crippen molar-refractivity contribution in [2.24, 2.45) is 22.6 Å². The van der Waals surface area contributed by atoms with E-state index in [1.165, 1.54) is 0 Å². The number of halogens is 3. The van der Waals surface area contributed by atoms with Gasteiger partial charge in [0.2, 0.25) is 0 Å². The van der Waals surface area contributed by atoms with Crippen LogP contribution >= 0.6 is 0 Å². The highest BCUT2D eigenvalue weighted by molar-refractivity contribution is 6.01. The lowest BCUT2D eigenvalue weighted by atomic mass is 10.2. The molecule has 2 rings (SSSR count). The van der Waals surface area contributed by atoms with E-state index >= 15 is 0 Å². The number of rotatable bonds is 1. The van der Waals surface area contributed by atoms with Gasteiger partial charge in [-0.25, -0.2) is 0 Å². The number of hydrogen-bond acceptors (Lipinski definition) is 3. The molecule has 0 amide bonds. The zero-order valence-electron chi connectivity index (χ0n) is 7.32. The highest BCUT2D eigenvalue weighted by atomic mass is 19.4. The third-order valence-electron chi connectivity index (χ3n) is 2.61. The van der Waals surface area contributed by atoms with Gasteiger partial charge in [-0.05, 0) is 6.08 Å². The van der Waals surface area contributed by atoms with E-state index in [-0.39, 0.29) is 0 Å². The first-order chi connectivity index (χ1) is 6.77. The molecule has 4 nitrogen and oxygen atoms in total. The maximum atomic E-state index is 12.2. The van der Waals surface area contributed by atoms with Crippen molar-refractivity contribution >= 4 is 11.7 Å². The van der Waals surface area contributed by atoms with Crippen molar-refractivity contribution in [2.45, 2.75) is 11.8 Å². The number of hydrogen-bond donors (Lipinski definition) is 2. The maximum absolute atomic E-state index is 12.2. The van der Waals surface area contributed by atoms with Crippen LogP contribution in [0.4, 0.5) is 13.2 Å². The van der Waals surface area contributed by atoms with Crippen LogP contribution in [0.1, 0.15) is 0 Å². The van der Waals surface area contributed by atoms with E-state index in [2.05, 4.69) is 4.99 Å². The second kappa shape index (κ2) is 2.60. The second-order valence-electron chi connectivity index (χ2n) is 3.58. The van der Waals surface area contributed by atoms with Gasteiger partial charge in [-0.2, -0.15) is 13.2 Å². The number of nitrogens with two attached hydrogens (primary N) is 1. The highest BCUT2D eigenvalue weighted by Gasteiger charge is 2.68. The molecule has 0 radical (unpaired) electrons. The number of allylic oxidation sites excluding steroid dienone is 1.